The summed E-state index contributed by atoms with van der Waals surface area (Å²) >= 11 is 0. The van der Waals surface area contributed by atoms with Crippen LogP contribution in [0.4, 0.5) is 5.69 Å². The lowest BCUT2D eigenvalue weighted by Gasteiger charge is -2.05. The van der Waals surface area contributed by atoms with Crippen molar-refractivity contribution in [3.05, 3.63) is 91.2 Å². The zero-order valence-corrected chi connectivity index (χ0v) is 21.7. The highest BCUT2D eigenvalue weighted by atomic mass is 14.9. The zero-order chi connectivity index (χ0) is 24.0. The molecule has 1 aromatic rings. The molecule has 1 nitrogen and oxygen atoms in total. The summed E-state index contributed by atoms with van der Waals surface area (Å²) in [6.45, 7) is 24.3. The van der Waals surface area contributed by atoms with E-state index in [2.05, 4.69) is 32.7 Å². The molecule has 0 unspecified atom stereocenters. The van der Waals surface area contributed by atoms with E-state index in [0.717, 1.165) is 17.3 Å². The van der Waals surface area contributed by atoms with Crippen LogP contribution in [0.1, 0.15) is 82.1 Å². The third kappa shape index (κ3) is 30.4. The summed E-state index contributed by atoms with van der Waals surface area (Å²) in [5.41, 5.74) is 2.24. The van der Waals surface area contributed by atoms with Gasteiger partial charge in [0.1, 0.15) is 0 Å². The van der Waals surface area contributed by atoms with E-state index in [1.165, 1.54) is 12.8 Å². The van der Waals surface area contributed by atoms with Gasteiger partial charge in [0.05, 0.1) is 0 Å². The smallest absolute Gasteiger partial charge is 0.0384 e. The van der Waals surface area contributed by atoms with Crippen molar-refractivity contribution < 1.29 is 0 Å². The van der Waals surface area contributed by atoms with Crippen LogP contribution in [0.2, 0.25) is 0 Å². The highest BCUT2D eigenvalue weighted by Crippen LogP contribution is 2.09. The van der Waals surface area contributed by atoms with E-state index in [1.54, 1.807) is 6.08 Å². The van der Waals surface area contributed by atoms with Crippen LogP contribution in [0, 0.1) is 5.92 Å². The van der Waals surface area contributed by atoms with Crippen LogP contribution in [0.15, 0.2) is 91.2 Å². The predicted molar refractivity (Wildman–Crippen MR) is 145 cm³/mol. The molecule has 0 aliphatic heterocycles. The summed E-state index contributed by atoms with van der Waals surface area (Å²) in [4.78, 5) is 0. The number of para-hydroxylation sites is 1. The summed E-state index contributed by atoms with van der Waals surface area (Å²) in [6, 6.07) is 10.1. The molecule has 0 amide bonds. The summed E-state index contributed by atoms with van der Waals surface area (Å²) in [5, 5.41) is 3.30. The van der Waals surface area contributed by atoms with Gasteiger partial charge in [-0.05, 0) is 44.9 Å². The molecule has 0 radical (unpaired) electrons. The number of anilines is 1. The maximum Gasteiger partial charge on any atom is 0.0384 e. The largest absolute Gasteiger partial charge is 0.356 e. The topological polar surface area (TPSA) is 12.0 Å². The predicted octanol–water partition coefficient (Wildman–Crippen LogP) is 10.4. The Bertz CT molecular complexity index is 529. The van der Waals surface area contributed by atoms with E-state index < -0.39 is 0 Å². The maximum atomic E-state index is 3.51. The molecule has 1 N–H and O–H groups in total. The Morgan fingerprint density at radius 1 is 0.867 bits per heavy atom. The summed E-state index contributed by atoms with van der Waals surface area (Å²) in [5.74, 6) is 0.935. The van der Waals surface area contributed by atoms with Gasteiger partial charge in [-0.15, -0.1) is 0 Å². The van der Waals surface area contributed by atoms with Crippen molar-refractivity contribution in [2.75, 3.05) is 5.32 Å². The number of nitrogens with one attached hydrogen (secondary N) is 1. The lowest BCUT2D eigenvalue weighted by molar-refractivity contribution is 0.544. The minimum absolute atomic E-state index is 0.935. The van der Waals surface area contributed by atoms with Crippen LogP contribution < -0.4 is 5.32 Å². The maximum absolute atomic E-state index is 3.51. The third-order valence-corrected chi connectivity index (χ3v) is 3.66. The molecule has 1 heteroatoms. The summed E-state index contributed by atoms with van der Waals surface area (Å²) in [7, 11) is 0. The van der Waals surface area contributed by atoms with E-state index in [0.29, 0.717) is 0 Å². The minimum atomic E-state index is 0.935. The fraction of sp³-hybridized carbons (Fsp3) is 0.448. The molecular weight excluding hydrogens is 362 g/mol. The van der Waals surface area contributed by atoms with E-state index in [-0.39, 0.29) is 0 Å². The SMILES string of the molecule is C/C=C\C(=C/C)Nc1ccccc1.C=C/C=C/C=C/C.CC.CC.CCC(C)CC. The first-order valence-corrected chi connectivity index (χ1v) is 11.6. The van der Waals surface area contributed by atoms with Crippen LogP contribution in [-0.4, -0.2) is 0 Å². The normalized spacial score (nSPS) is 10.2. The van der Waals surface area contributed by atoms with Crippen LogP contribution in [0.5, 0.6) is 0 Å². The monoisotopic (exact) mass is 413 g/mol. The van der Waals surface area contributed by atoms with Gasteiger partial charge in [0.15, 0.2) is 0 Å². The second-order valence-corrected chi connectivity index (χ2v) is 5.80. The average Bonchev–Trinajstić information content (AvgIpc) is 2.82. The lowest BCUT2D eigenvalue weighted by Crippen LogP contribution is -1.95. The van der Waals surface area contributed by atoms with Crippen molar-refractivity contribution in [2.24, 2.45) is 5.92 Å². The first-order valence-electron chi connectivity index (χ1n) is 11.6. The number of allylic oxidation sites excluding steroid dienone is 8. The molecule has 0 aliphatic rings. The van der Waals surface area contributed by atoms with Gasteiger partial charge in [0.25, 0.3) is 0 Å². The van der Waals surface area contributed by atoms with Gasteiger partial charge in [-0.1, -0.05) is 129 Å². The van der Waals surface area contributed by atoms with E-state index in [4.69, 9.17) is 0 Å². The van der Waals surface area contributed by atoms with Crippen molar-refractivity contribution in [1.82, 2.24) is 0 Å². The highest BCUT2D eigenvalue weighted by Gasteiger charge is 1.90. The molecule has 0 aromatic heterocycles. The molecule has 0 fully saturated rings. The number of hydrogen-bond acceptors (Lipinski definition) is 1. The van der Waals surface area contributed by atoms with Crippen molar-refractivity contribution in [3.63, 3.8) is 0 Å². The standard InChI is InChI=1S/C12H15N.C7H10.C6H14.2C2H6/c1-3-8-11(4-2)13-12-9-6-5-7-10-12;1-3-5-7-6-4-2;1-4-6(3)5-2;2*1-2/h3-10,13H,1-2H3;3-7H,1H2,2H3;6H,4-5H2,1-3H3;2*1-2H3/b8-3-,11-4+;6-4+,7-5+;;;. The van der Waals surface area contributed by atoms with Gasteiger partial charge in [-0.25, -0.2) is 0 Å². The van der Waals surface area contributed by atoms with Crippen LogP contribution >= 0.6 is 0 Å². The Balaban J connectivity index is -0.000000170. The molecule has 0 heterocycles. The Morgan fingerprint density at radius 2 is 1.40 bits per heavy atom. The van der Waals surface area contributed by atoms with Crippen molar-refractivity contribution in [3.8, 4) is 0 Å². The van der Waals surface area contributed by atoms with Gasteiger partial charge in [-0.3, -0.25) is 0 Å². The van der Waals surface area contributed by atoms with Gasteiger partial charge < -0.3 is 5.32 Å². The highest BCUT2D eigenvalue weighted by molar-refractivity contribution is 5.50. The van der Waals surface area contributed by atoms with Gasteiger partial charge in [0, 0.05) is 11.4 Å². The quantitative estimate of drug-likeness (QED) is 0.438. The number of benzene rings is 1. The van der Waals surface area contributed by atoms with Crippen molar-refractivity contribution >= 4 is 5.69 Å². The number of rotatable bonds is 7. The molecule has 0 saturated heterocycles. The summed E-state index contributed by atoms with van der Waals surface area (Å²) in [6.07, 6.45) is 18.3. The molecule has 172 valence electrons. The summed E-state index contributed by atoms with van der Waals surface area (Å²) < 4.78 is 0. The van der Waals surface area contributed by atoms with Crippen LogP contribution in [-0.2, 0) is 0 Å². The number of hydrogen-bond donors (Lipinski definition) is 1. The molecule has 30 heavy (non-hydrogen) atoms. The molecule has 0 atom stereocenters. The van der Waals surface area contributed by atoms with Gasteiger partial charge >= 0.3 is 0 Å². The second-order valence-electron chi connectivity index (χ2n) is 5.80. The minimum Gasteiger partial charge on any atom is -0.356 e. The molecule has 0 saturated carbocycles. The Hall–Kier alpha value is -2.28. The first-order chi connectivity index (χ1) is 14.6. The molecule has 0 aliphatic carbocycles. The van der Waals surface area contributed by atoms with Crippen molar-refractivity contribution in [2.45, 2.75) is 82.1 Å². The van der Waals surface area contributed by atoms with E-state index in [9.17, 15) is 0 Å². The Morgan fingerprint density at radius 3 is 1.73 bits per heavy atom. The van der Waals surface area contributed by atoms with Crippen LogP contribution in [0.3, 0.4) is 0 Å². The molecule has 0 spiro atoms. The van der Waals surface area contributed by atoms with Gasteiger partial charge in [-0.2, -0.15) is 0 Å². The molecule has 1 rings (SSSR count). The molecule has 1 aromatic carbocycles. The van der Waals surface area contributed by atoms with Crippen molar-refractivity contribution in [1.29, 1.82) is 0 Å². The first kappa shape index (κ1) is 35.2. The second kappa shape index (κ2) is 34.2. The van der Waals surface area contributed by atoms with Crippen LogP contribution in [0.25, 0.3) is 0 Å². The fourth-order valence-corrected chi connectivity index (χ4v) is 1.62. The molecular formula is C29H51N. The Labute approximate surface area is 190 Å². The average molecular weight is 414 g/mol. The van der Waals surface area contributed by atoms with Gasteiger partial charge in [0.2, 0.25) is 0 Å². The third-order valence-electron chi connectivity index (χ3n) is 3.66. The lowest BCUT2D eigenvalue weighted by atomic mass is 10.1. The van der Waals surface area contributed by atoms with E-state index >= 15 is 0 Å². The fourth-order valence-electron chi connectivity index (χ4n) is 1.62. The zero-order valence-electron chi connectivity index (χ0n) is 21.7. The Kier molecular flexibility index (Phi) is 40.1. The van der Waals surface area contributed by atoms with E-state index in [1.807, 2.05) is 121 Å². The molecule has 0 bridgehead atoms.